The first kappa shape index (κ1) is 69.5. The van der Waals surface area contributed by atoms with Gasteiger partial charge < -0.3 is 63.8 Å². The Bertz CT molecular complexity index is 3890. The summed E-state index contributed by atoms with van der Waals surface area (Å²) in [4.78, 5) is 41.1. The Labute approximate surface area is 537 Å². The van der Waals surface area contributed by atoms with Crippen molar-refractivity contribution in [3.63, 3.8) is 0 Å². The smallest absolute Gasteiger partial charge is 0.489 e. The number of carbonyl (C=O) groups is 3. The molecule has 1 atom stereocenters. The molecule has 2 aliphatic rings. The predicted octanol–water partition coefficient (Wildman–Crippen LogP) is 10.5. The van der Waals surface area contributed by atoms with Crippen molar-refractivity contribution in [1.29, 1.82) is 0 Å². The van der Waals surface area contributed by atoms with Gasteiger partial charge in [-0.1, -0.05) is 37.8 Å². The lowest BCUT2D eigenvalue weighted by Crippen LogP contribution is -2.38. The third kappa shape index (κ3) is 18.1. The molecule has 0 saturated heterocycles. The van der Waals surface area contributed by atoms with Crippen LogP contribution < -0.4 is 24.8 Å². The minimum Gasteiger partial charge on any atom is -0.489 e. The molecule has 9 rings (SSSR count). The van der Waals surface area contributed by atoms with Crippen LogP contribution in [0.5, 0.6) is 17.2 Å². The number of nitrogens with zero attached hydrogens (tertiary/aromatic N) is 6. The van der Waals surface area contributed by atoms with Gasteiger partial charge in [-0.25, -0.2) is 13.6 Å². The van der Waals surface area contributed by atoms with Crippen LogP contribution in [0.2, 0.25) is 0 Å². The van der Waals surface area contributed by atoms with E-state index >= 15 is 4.39 Å². The van der Waals surface area contributed by atoms with Crippen molar-refractivity contribution in [2.75, 3.05) is 51.4 Å². The van der Waals surface area contributed by atoms with E-state index in [1.54, 1.807) is 60.5 Å². The molecule has 0 spiro atoms. The van der Waals surface area contributed by atoms with Crippen LogP contribution in [0.4, 0.5) is 41.2 Å². The molecular weight excluding hydrogens is 1240 g/mol. The van der Waals surface area contributed by atoms with E-state index in [9.17, 15) is 56.0 Å². The largest absolute Gasteiger partial charge is 0.586 e. The highest BCUT2D eigenvalue weighted by atomic mass is 19.4. The molecule has 27 heteroatoms. The van der Waals surface area contributed by atoms with E-state index in [0.717, 1.165) is 19.3 Å². The quantitative estimate of drug-likeness (QED) is 0.0166. The maximum atomic E-state index is 15.9. The lowest BCUT2D eigenvalue weighted by atomic mass is 9.90. The summed E-state index contributed by atoms with van der Waals surface area (Å²) in [6.45, 7) is 9.22. The summed E-state index contributed by atoms with van der Waals surface area (Å²) in [6.07, 6.45) is -4.26. The normalized spacial score (nSPS) is 14.3. The number of rotatable bonds is 29. The number of aromatic nitrogens is 5. The lowest BCUT2D eigenvalue weighted by molar-refractivity contribution is -0.286. The molecule has 4 aromatic carbocycles. The van der Waals surface area contributed by atoms with Gasteiger partial charge in [0.1, 0.15) is 29.6 Å². The summed E-state index contributed by atoms with van der Waals surface area (Å²) in [5.41, 5.74) is -0.0824. The summed E-state index contributed by atoms with van der Waals surface area (Å²) in [5.74, 6) is 2.81. The number of alkyl halides is 5. The van der Waals surface area contributed by atoms with Crippen molar-refractivity contribution in [1.82, 2.24) is 34.8 Å². The minimum absolute atomic E-state index is 0.0391. The van der Waals surface area contributed by atoms with Crippen LogP contribution in [-0.2, 0) is 68.9 Å². The number of aliphatic hydroxyl groups excluding tert-OH is 3. The number of nitrogens with one attached hydrogen (secondary N) is 2. The van der Waals surface area contributed by atoms with E-state index < -0.39 is 77.4 Å². The number of carbonyl (C=O) groups excluding carboxylic acids is 3. The maximum Gasteiger partial charge on any atom is 0.586 e. The standard InChI is InChI=1S/C67H73F7N8O12/c1-63(2,3)94-62(88)80(23-24-83)34-45-27-42(13-18-56(45)91-39-43-12-17-52(68)51(28-43)66(70,71)72)11-7-8-22-75-60(86)46-33-76-81(35-46)36-48-15-16-49(79-78-48)40-89-25-9-6-10-26-90-41-64(4,5)59-30-44-29-54(53(69)32-55(44)82(59)37-50(85)38-84)77-61(87)65(20-21-65)47-14-19-57-58(31-47)93-67(73,74)92-57/h12-19,27-33,35,50,83-85H,6,8-10,20-26,34,36-41H2,1-5H3,(H,75,86)(H,77,87)/t50-/m1/s1. The van der Waals surface area contributed by atoms with E-state index in [4.69, 9.17) is 18.9 Å². The van der Waals surface area contributed by atoms with Gasteiger partial charge in [-0.2, -0.15) is 28.5 Å². The summed E-state index contributed by atoms with van der Waals surface area (Å²) >= 11 is 0. The molecule has 0 radical (unpaired) electrons. The third-order valence-electron chi connectivity index (χ3n) is 15.4. The van der Waals surface area contributed by atoms with Crippen LogP contribution in [0, 0.1) is 23.5 Å². The van der Waals surface area contributed by atoms with Crippen LogP contribution >= 0.6 is 0 Å². The number of ether oxygens (including phenoxy) is 6. The molecule has 20 nitrogen and oxygen atoms in total. The van der Waals surface area contributed by atoms with Crippen molar-refractivity contribution in [2.24, 2.45) is 0 Å². The highest BCUT2D eigenvalue weighted by Crippen LogP contribution is 2.52. The topological polar surface area (TPSA) is 243 Å². The van der Waals surface area contributed by atoms with Gasteiger partial charge in [-0.05, 0) is 131 Å². The number of aliphatic hydroxyl groups is 3. The molecule has 0 bridgehead atoms. The van der Waals surface area contributed by atoms with Crippen LogP contribution in [0.3, 0.4) is 0 Å². The Hall–Kier alpha value is -8.81. The van der Waals surface area contributed by atoms with E-state index in [-0.39, 0.29) is 93.4 Å². The van der Waals surface area contributed by atoms with Gasteiger partial charge in [0.25, 0.3) is 5.91 Å². The Morgan fingerprint density at radius 2 is 1.59 bits per heavy atom. The number of unbranched alkanes of at least 4 members (excludes halogenated alkanes) is 2. The molecule has 502 valence electrons. The minimum atomic E-state index is -4.92. The Morgan fingerprint density at radius 1 is 0.840 bits per heavy atom. The molecule has 94 heavy (non-hydrogen) atoms. The van der Waals surface area contributed by atoms with Crippen LogP contribution in [0.15, 0.2) is 97.3 Å². The number of anilines is 1. The average molecular weight is 1320 g/mol. The molecule has 1 saturated carbocycles. The van der Waals surface area contributed by atoms with Crippen molar-refractivity contribution in [2.45, 2.75) is 141 Å². The average Bonchev–Trinajstić information content (AvgIpc) is 1.59. The molecule has 3 aromatic heterocycles. The SMILES string of the molecule is CC(C)(C)OC(=O)N(CCO)Cc1cc(C#CCCNC(=O)c2cnn(Cc3ccc(COCCCCCOCC(C)(C)c4cc5cc(NC(=O)C6(c7ccc8c(c7)OC(F)(F)O8)CC6)c(F)cc5n4C[C@@H](O)CO)nn3)c2)ccc1OCc1ccc(F)c(C(F)(F)F)c1. The zero-order chi connectivity index (χ0) is 67.6. The Kier molecular flexibility index (Phi) is 21.9. The van der Waals surface area contributed by atoms with Crippen molar-refractivity contribution in [3.8, 4) is 29.1 Å². The van der Waals surface area contributed by atoms with Gasteiger partial charge in [0.15, 0.2) is 11.5 Å². The molecule has 5 N–H and O–H groups in total. The molecule has 3 amide bonds. The first-order chi connectivity index (χ1) is 44.6. The molecule has 1 aliphatic carbocycles. The molecule has 0 unspecified atom stereocenters. The van der Waals surface area contributed by atoms with Crippen LogP contribution in [-0.4, -0.2) is 127 Å². The third-order valence-corrected chi connectivity index (χ3v) is 15.4. The first-order valence-electron chi connectivity index (χ1n) is 30.4. The van der Waals surface area contributed by atoms with Gasteiger partial charge in [0.2, 0.25) is 5.91 Å². The number of hydrogen-bond donors (Lipinski definition) is 5. The zero-order valence-electron chi connectivity index (χ0n) is 52.4. The molecule has 4 heterocycles. The van der Waals surface area contributed by atoms with E-state index in [1.165, 1.54) is 53.6 Å². The van der Waals surface area contributed by atoms with Crippen molar-refractivity contribution < 1.29 is 88.9 Å². The summed E-state index contributed by atoms with van der Waals surface area (Å²) in [5, 5.41) is 49.0. The summed E-state index contributed by atoms with van der Waals surface area (Å²) < 4.78 is 133. The predicted molar refractivity (Wildman–Crippen MR) is 328 cm³/mol. The monoisotopic (exact) mass is 1310 g/mol. The summed E-state index contributed by atoms with van der Waals surface area (Å²) in [6, 6.07) is 19.7. The van der Waals surface area contributed by atoms with E-state index in [1.807, 2.05) is 19.9 Å². The highest BCUT2D eigenvalue weighted by molar-refractivity contribution is 6.03. The van der Waals surface area contributed by atoms with Crippen LogP contribution in [0.1, 0.15) is 128 Å². The number of hydrogen-bond acceptors (Lipinski definition) is 15. The number of benzene rings is 4. The van der Waals surface area contributed by atoms with Crippen LogP contribution in [0.25, 0.3) is 10.9 Å². The summed E-state index contributed by atoms with van der Waals surface area (Å²) in [7, 11) is 0. The lowest BCUT2D eigenvalue weighted by Gasteiger charge is -2.27. The molecular formula is C67H73F7N8O12. The molecule has 1 aliphatic heterocycles. The fourth-order valence-corrected chi connectivity index (χ4v) is 10.5. The Balaban J connectivity index is 0.691. The maximum absolute atomic E-state index is 15.9. The molecule has 7 aromatic rings. The van der Waals surface area contributed by atoms with Gasteiger partial charge in [-0.15, -0.1) is 8.78 Å². The Morgan fingerprint density at radius 3 is 2.30 bits per heavy atom. The molecule has 1 fully saturated rings. The van der Waals surface area contributed by atoms with Gasteiger partial charge in [-0.3, -0.25) is 14.3 Å². The second-order valence-corrected chi connectivity index (χ2v) is 24.6. The van der Waals surface area contributed by atoms with Crippen molar-refractivity contribution in [3.05, 3.63) is 159 Å². The van der Waals surface area contributed by atoms with Crippen molar-refractivity contribution >= 4 is 34.5 Å². The number of amides is 3. The second kappa shape index (κ2) is 29.6. The van der Waals surface area contributed by atoms with E-state index in [0.29, 0.717) is 88.4 Å². The highest BCUT2D eigenvalue weighted by Gasteiger charge is 2.53. The van der Waals surface area contributed by atoms with Gasteiger partial charge in [0, 0.05) is 72.6 Å². The first-order valence-corrected chi connectivity index (χ1v) is 30.4. The van der Waals surface area contributed by atoms with E-state index in [2.05, 4.69) is 47.2 Å². The zero-order valence-corrected chi connectivity index (χ0v) is 52.4. The van der Waals surface area contributed by atoms with Gasteiger partial charge in [0.05, 0.1) is 97.5 Å². The number of halogens is 7. The number of fused-ring (bicyclic) bond motifs is 2. The fraction of sp³-hybridized carbons (Fsp3) is 0.433. The van der Waals surface area contributed by atoms with Gasteiger partial charge >= 0.3 is 18.6 Å². The second-order valence-electron chi connectivity index (χ2n) is 24.6. The fourth-order valence-electron chi connectivity index (χ4n) is 10.5.